The number of hydrazine groups is 1. The van der Waals surface area contributed by atoms with Gasteiger partial charge in [-0.2, -0.15) is 0 Å². The van der Waals surface area contributed by atoms with Crippen molar-refractivity contribution in [3.63, 3.8) is 0 Å². The SMILES string of the molecule is Nc1cc(Cl)nc(NN2CCOCC2)c1. The predicted molar refractivity (Wildman–Crippen MR) is 59.7 cm³/mol. The van der Waals surface area contributed by atoms with Gasteiger partial charge in [-0.3, -0.25) is 0 Å². The Hall–Kier alpha value is -1.04. The topological polar surface area (TPSA) is 63.4 Å². The van der Waals surface area contributed by atoms with Crippen LogP contribution in [0.15, 0.2) is 12.1 Å². The van der Waals surface area contributed by atoms with Crippen molar-refractivity contribution in [2.75, 3.05) is 37.5 Å². The lowest BCUT2D eigenvalue weighted by Gasteiger charge is -2.27. The van der Waals surface area contributed by atoms with E-state index in [2.05, 4.69) is 10.4 Å². The van der Waals surface area contributed by atoms with Crippen LogP contribution in [0, 0.1) is 0 Å². The Balaban J connectivity index is 2.02. The molecule has 0 unspecified atom stereocenters. The number of ether oxygens (including phenoxy) is 1. The van der Waals surface area contributed by atoms with Crippen molar-refractivity contribution >= 4 is 23.1 Å². The maximum atomic E-state index is 5.79. The Bertz CT molecular complexity index is 321. The van der Waals surface area contributed by atoms with E-state index >= 15 is 0 Å². The maximum absolute atomic E-state index is 5.79. The summed E-state index contributed by atoms with van der Waals surface area (Å²) in [6.07, 6.45) is 0. The first-order valence-corrected chi connectivity index (χ1v) is 5.14. The average molecular weight is 229 g/mol. The molecular weight excluding hydrogens is 216 g/mol. The summed E-state index contributed by atoms with van der Waals surface area (Å²) >= 11 is 5.79. The molecule has 15 heavy (non-hydrogen) atoms. The van der Waals surface area contributed by atoms with Crippen LogP contribution in [0.1, 0.15) is 0 Å². The molecule has 0 amide bonds. The number of halogens is 1. The summed E-state index contributed by atoms with van der Waals surface area (Å²) in [4.78, 5) is 4.12. The lowest BCUT2D eigenvalue weighted by Crippen LogP contribution is -2.40. The molecule has 1 aromatic rings. The van der Waals surface area contributed by atoms with Gasteiger partial charge < -0.3 is 15.9 Å². The van der Waals surface area contributed by atoms with Crippen LogP contribution in [0.5, 0.6) is 0 Å². The van der Waals surface area contributed by atoms with Crippen molar-refractivity contribution in [3.8, 4) is 0 Å². The minimum atomic E-state index is 0.394. The Kier molecular flexibility index (Phi) is 3.25. The molecule has 2 heterocycles. The van der Waals surface area contributed by atoms with E-state index in [0.29, 0.717) is 16.7 Å². The largest absolute Gasteiger partial charge is 0.399 e. The fourth-order valence-corrected chi connectivity index (χ4v) is 1.63. The van der Waals surface area contributed by atoms with Gasteiger partial charge in [0.2, 0.25) is 0 Å². The van der Waals surface area contributed by atoms with Crippen molar-refractivity contribution in [2.24, 2.45) is 0 Å². The number of nitrogens with two attached hydrogens (primary N) is 1. The highest BCUT2D eigenvalue weighted by molar-refractivity contribution is 6.29. The summed E-state index contributed by atoms with van der Waals surface area (Å²) in [7, 11) is 0. The molecule has 82 valence electrons. The highest BCUT2D eigenvalue weighted by atomic mass is 35.5. The van der Waals surface area contributed by atoms with Gasteiger partial charge in [0.25, 0.3) is 0 Å². The summed E-state index contributed by atoms with van der Waals surface area (Å²) in [5.41, 5.74) is 9.40. The molecule has 1 aromatic heterocycles. The molecule has 0 aromatic carbocycles. The van der Waals surface area contributed by atoms with Gasteiger partial charge in [0.15, 0.2) is 0 Å². The van der Waals surface area contributed by atoms with E-state index < -0.39 is 0 Å². The minimum absolute atomic E-state index is 0.394. The molecule has 0 saturated carbocycles. The first-order valence-electron chi connectivity index (χ1n) is 4.76. The zero-order valence-corrected chi connectivity index (χ0v) is 9.00. The molecule has 1 saturated heterocycles. The molecule has 1 aliphatic heterocycles. The second-order valence-electron chi connectivity index (χ2n) is 3.32. The lowest BCUT2D eigenvalue weighted by molar-refractivity contribution is 0.0495. The smallest absolute Gasteiger partial charge is 0.144 e. The third-order valence-corrected chi connectivity index (χ3v) is 2.29. The summed E-state index contributed by atoms with van der Waals surface area (Å²) < 4.78 is 5.23. The van der Waals surface area contributed by atoms with Gasteiger partial charge in [0.1, 0.15) is 11.0 Å². The number of rotatable bonds is 2. The molecule has 0 bridgehead atoms. The fourth-order valence-electron chi connectivity index (χ4n) is 1.41. The zero-order chi connectivity index (χ0) is 10.7. The number of hydrogen-bond acceptors (Lipinski definition) is 5. The Morgan fingerprint density at radius 3 is 2.80 bits per heavy atom. The van der Waals surface area contributed by atoms with Crippen LogP contribution in [-0.4, -0.2) is 36.3 Å². The molecular formula is C9H13ClN4O. The number of aromatic nitrogens is 1. The van der Waals surface area contributed by atoms with Gasteiger partial charge in [-0.15, -0.1) is 0 Å². The maximum Gasteiger partial charge on any atom is 0.144 e. The van der Waals surface area contributed by atoms with Crippen LogP contribution in [0.25, 0.3) is 0 Å². The predicted octanol–water partition coefficient (Wildman–Crippen LogP) is 0.976. The second kappa shape index (κ2) is 4.65. The highest BCUT2D eigenvalue weighted by Crippen LogP contribution is 2.16. The Labute approximate surface area is 93.1 Å². The second-order valence-corrected chi connectivity index (χ2v) is 3.71. The molecule has 0 radical (unpaired) electrons. The molecule has 2 rings (SSSR count). The zero-order valence-electron chi connectivity index (χ0n) is 8.24. The van der Waals surface area contributed by atoms with E-state index in [1.807, 2.05) is 5.01 Å². The van der Waals surface area contributed by atoms with Crippen molar-refractivity contribution in [2.45, 2.75) is 0 Å². The summed E-state index contributed by atoms with van der Waals surface area (Å²) in [6, 6.07) is 3.37. The summed E-state index contributed by atoms with van der Waals surface area (Å²) in [5.74, 6) is 0.668. The number of nitrogen functional groups attached to an aromatic ring is 1. The third-order valence-electron chi connectivity index (χ3n) is 2.10. The first-order chi connectivity index (χ1) is 7.24. The minimum Gasteiger partial charge on any atom is -0.399 e. The van der Waals surface area contributed by atoms with E-state index in [1.165, 1.54) is 0 Å². The monoisotopic (exact) mass is 228 g/mol. The van der Waals surface area contributed by atoms with E-state index in [1.54, 1.807) is 12.1 Å². The number of morpholine rings is 1. The fraction of sp³-hybridized carbons (Fsp3) is 0.444. The number of pyridine rings is 1. The van der Waals surface area contributed by atoms with Crippen LogP contribution in [-0.2, 0) is 4.74 Å². The van der Waals surface area contributed by atoms with Crippen LogP contribution < -0.4 is 11.2 Å². The molecule has 1 fully saturated rings. The molecule has 6 heteroatoms. The van der Waals surface area contributed by atoms with Crippen molar-refractivity contribution in [1.82, 2.24) is 9.99 Å². The molecule has 1 aliphatic rings. The summed E-state index contributed by atoms with van der Waals surface area (Å²) in [6.45, 7) is 3.11. The number of nitrogens with zero attached hydrogens (tertiary/aromatic N) is 2. The Morgan fingerprint density at radius 2 is 2.13 bits per heavy atom. The van der Waals surface area contributed by atoms with Crippen LogP contribution >= 0.6 is 11.6 Å². The van der Waals surface area contributed by atoms with E-state index in [9.17, 15) is 0 Å². The van der Waals surface area contributed by atoms with Crippen LogP contribution in [0.4, 0.5) is 11.5 Å². The van der Waals surface area contributed by atoms with E-state index in [-0.39, 0.29) is 0 Å². The third kappa shape index (κ3) is 2.95. The first kappa shape index (κ1) is 10.5. The quantitative estimate of drug-likeness (QED) is 0.739. The Morgan fingerprint density at radius 1 is 1.40 bits per heavy atom. The van der Waals surface area contributed by atoms with Gasteiger partial charge in [0.05, 0.1) is 13.2 Å². The number of hydrogen-bond donors (Lipinski definition) is 2. The highest BCUT2D eigenvalue weighted by Gasteiger charge is 2.10. The van der Waals surface area contributed by atoms with E-state index in [4.69, 9.17) is 22.1 Å². The number of anilines is 2. The molecule has 0 spiro atoms. The van der Waals surface area contributed by atoms with Gasteiger partial charge >= 0.3 is 0 Å². The standard InChI is InChI=1S/C9H13ClN4O/c10-8-5-7(11)6-9(12-8)13-14-1-3-15-4-2-14/h5-6H,1-4H2,(H3,11,12,13). The van der Waals surface area contributed by atoms with Gasteiger partial charge in [-0.05, 0) is 6.07 Å². The average Bonchev–Trinajstić information content (AvgIpc) is 2.17. The molecule has 0 atom stereocenters. The van der Waals surface area contributed by atoms with Gasteiger partial charge in [-0.25, -0.2) is 9.99 Å². The molecule has 3 N–H and O–H groups in total. The normalized spacial score (nSPS) is 17.7. The molecule has 0 aliphatic carbocycles. The van der Waals surface area contributed by atoms with Crippen molar-refractivity contribution in [3.05, 3.63) is 17.3 Å². The van der Waals surface area contributed by atoms with Crippen molar-refractivity contribution in [1.29, 1.82) is 0 Å². The number of nitrogens with one attached hydrogen (secondary N) is 1. The van der Waals surface area contributed by atoms with Gasteiger partial charge in [-0.1, -0.05) is 11.6 Å². The summed E-state index contributed by atoms with van der Waals surface area (Å²) in [5, 5.41) is 2.42. The lowest BCUT2D eigenvalue weighted by atomic mass is 10.4. The van der Waals surface area contributed by atoms with Gasteiger partial charge in [0, 0.05) is 24.8 Å². The van der Waals surface area contributed by atoms with Crippen LogP contribution in [0.3, 0.4) is 0 Å². The molecule has 5 nitrogen and oxygen atoms in total. The van der Waals surface area contributed by atoms with Crippen molar-refractivity contribution < 1.29 is 4.74 Å². The van der Waals surface area contributed by atoms with E-state index in [0.717, 1.165) is 26.3 Å². The van der Waals surface area contributed by atoms with Crippen LogP contribution in [0.2, 0.25) is 5.15 Å².